The molecule has 4 heteroatoms. The smallest absolute Gasteiger partial charge is 0.328 e. The zero-order valence-electron chi connectivity index (χ0n) is 10.3. The van der Waals surface area contributed by atoms with E-state index in [1.165, 1.54) is 0 Å². The van der Waals surface area contributed by atoms with Gasteiger partial charge in [0.1, 0.15) is 5.75 Å². The van der Waals surface area contributed by atoms with Gasteiger partial charge in [0.05, 0.1) is 7.11 Å². The summed E-state index contributed by atoms with van der Waals surface area (Å²) in [4.78, 5) is 12.5. The second-order valence-electron chi connectivity index (χ2n) is 3.98. The molecule has 0 aliphatic carbocycles. The first-order valence-electron chi connectivity index (χ1n) is 5.25. The van der Waals surface area contributed by atoms with Crippen LogP contribution < -0.4 is 4.74 Å². The summed E-state index contributed by atoms with van der Waals surface area (Å²) in [6.45, 7) is 0.748. The van der Waals surface area contributed by atoms with Crippen molar-refractivity contribution in [3.63, 3.8) is 0 Å². The van der Waals surface area contributed by atoms with Crippen LogP contribution in [0.3, 0.4) is 0 Å². The van der Waals surface area contributed by atoms with Gasteiger partial charge in [0.2, 0.25) is 0 Å². The number of benzene rings is 1. The summed E-state index contributed by atoms with van der Waals surface area (Å²) >= 11 is 0. The normalized spacial score (nSPS) is 11.1. The lowest BCUT2D eigenvalue weighted by molar-refractivity contribution is -0.131. The molecule has 0 aromatic heterocycles. The standard InChI is InChI=1S/C13H17NO3/c1-14(2)9-11-8-10(5-7-13(15)16)4-6-12(11)17-3/h4-8H,9H2,1-3H3,(H,15,16). The second kappa shape index (κ2) is 6.06. The van der Waals surface area contributed by atoms with E-state index in [9.17, 15) is 4.79 Å². The topological polar surface area (TPSA) is 49.8 Å². The van der Waals surface area contributed by atoms with Crippen LogP contribution in [-0.4, -0.2) is 37.2 Å². The minimum atomic E-state index is -0.949. The summed E-state index contributed by atoms with van der Waals surface area (Å²) in [5.74, 6) is -0.138. The number of nitrogens with zero attached hydrogens (tertiary/aromatic N) is 1. The van der Waals surface area contributed by atoms with Crippen molar-refractivity contribution in [1.82, 2.24) is 4.90 Å². The number of aliphatic carboxylic acids is 1. The molecule has 0 spiro atoms. The Kier molecular flexibility index (Phi) is 4.72. The average Bonchev–Trinajstić information content (AvgIpc) is 2.25. The van der Waals surface area contributed by atoms with Crippen molar-refractivity contribution in [2.24, 2.45) is 0 Å². The van der Waals surface area contributed by atoms with Gasteiger partial charge in [-0.3, -0.25) is 0 Å². The fourth-order valence-corrected chi connectivity index (χ4v) is 1.53. The van der Waals surface area contributed by atoms with Crippen LogP contribution in [0.25, 0.3) is 6.08 Å². The fraction of sp³-hybridized carbons (Fsp3) is 0.308. The van der Waals surface area contributed by atoms with E-state index in [0.717, 1.165) is 29.5 Å². The van der Waals surface area contributed by atoms with E-state index in [4.69, 9.17) is 9.84 Å². The third-order valence-corrected chi connectivity index (χ3v) is 2.21. The Hall–Kier alpha value is -1.81. The maximum Gasteiger partial charge on any atom is 0.328 e. The van der Waals surface area contributed by atoms with Crippen LogP contribution in [0.4, 0.5) is 0 Å². The highest BCUT2D eigenvalue weighted by Crippen LogP contribution is 2.21. The Morgan fingerprint density at radius 3 is 2.71 bits per heavy atom. The van der Waals surface area contributed by atoms with E-state index < -0.39 is 5.97 Å². The second-order valence-corrected chi connectivity index (χ2v) is 3.98. The van der Waals surface area contributed by atoms with Gasteiger partial charge in [-0.15, -0.1) is 0 Å². The monoisotopic (exact) mass is 235 g/mol. The van der Waals surface area contributed by atoms with Crippen LogP contribution in [0, 0.1) is 0 Å². The van der Waals surface area contributed by atoms with Crippen molar-refractivity contribution in [2.75, 3.05) is 21.2 Å². The van der Waals surface area contributed by atoms with Gasteiger partial charge in [-0.2, -0.15) is 0 Å². The molecule has 0 saturated heterocycles. The minimum absolute atomic E-state index is 0.748. The molecule has 0 aliphatic heterocycles. The van der Waals surface area contributed by atoms with E-state index >= 15 is 0 Å². The van der Waals surface area contributed by atoms with E-state index in [0.29, 0.717) is 0 Å². The van der Waals surface area contributed by atoms with Gasteiger partial charge in [-0.05, 0) is 37.9 Å². The average molecular weight is 235 g/mol. The predicted molar refractivity (Wildman–Crippen MR) is 67.1 cm³/mol. The highest BCUT2D eigenvalue weighted by Gasteiger charge is 2.04. The molecule has 17 heavy (non-hydrogen) atoms. The van der Waals surface area contributed by atoms with E-state index in [1.807, 2.05) is 37.2 Å². The zero-order chi connectivity index (χ0) is 12.8. The first-order valence-corrected chi connectivity index (χ1v) is 5.25. The van der Waals surface area contributed by atoms with Gasteiger partial charge in [0.15, 0.2) is 0 Å². The van der Waals surface area contributed by atoms with Crippen LogP contribution in [0.5, 0.6) is 5.75 Å². The largest absolute Gasteiger partial charge is 0.496 e. The molecule has 0 saturated carbocycles. The molecular formula is C13H17NO3. The van der Waals surface area contributed by atoms with Gasteiger partial charge in [-0.25, -0.2) is 4.79 Å². The Bertz CT molecular complexity index is 425. The van der Waals surface area contributed by atoms with Crippen LogP contribution in [-0.2, 0) is 11.3 Å². The Labute approximate surface area is 101 Å². The number of methoxy groups -OCH3 is 1. The Morgan fingerprint density at radius 2 is 2.18 bits per heavy atom. The first-order chi connectivity index (χ1) is 8.02. The summed E-state index contributed by atoms with van der Waals surface area (Å²) < 4.78 is 5.26. The molecule has 0 aliphatic rings. The van der Waals surface area contributed by atoms with Gasteiger partial charge >= 0.3 is 5.97 Å². The molecule has 0 unspecified atom stereocenters. The lowest BCUT2D eigenvalue weighted by atomic mass is 10.1. The maximum absolute atomic E-state index is 10.4. The van der Waals surface area contributed by atoms with Gasteiger partial charge in [-0.1, -0.05) is 6.07 Å². The molecular weight excluding hydrogens is 218 g/mol. The van der Waals surface area contributed by atoms with Crippen molar-refractivity contribution in [3.05, 3.63) is 35.4 Å². The summed E-state index contributed by atoms with van der Waals surface area (Å²) in [6.07, 6.45) is 2.70. The van der Waals surface area contributed by atoms with Crippen molar-refractivity contribution in [2.45, 2.75) is 6.54 Å². The van der Waals surface area contributed by atoms with E-state index in [-0.39, 0.29) is 0 Å². The molecule has 1 aromatic rings. The number of carboxylic acids is 1. The first kappa shape index (κ1) is 13.3. The summed E-state index contributed by atoms with van der Waals surface area (Å²) in [5.41, 5.74) is 1.88. The highest BCUT2D eigenvalue weighted by atomic mass is 16.5. The minimum Gasteiger partial charge on any atom is -0.496 e. The number of carboxylic acid groups (broad SMARTS) is 1. The SMILES string of the molecule is COc1ccc(C=CC(=O)O)cc1CN(C)C. The van der Waals surface area contributed by atoms with Gasteiger partial charge in [0.25, 0.3) is 0 Å². The van der Waals surface area contributed by atoms with E-state index in [2.05, 4.69) is 0 Å². The van der Waals surface area contributed by atoms with Crippen molar-refractivity contribution >= 4 is 12.0 Å². The van der Waals surface area contributed by atoms with Crippen LogP contribution >= 0.6 is 0 Å². The predicted octanol–water partition coefficient (Wildman–Crippen LogP) is 1.85. The summed E-state index contributed by atoms with van der Waals surface area (Å²) in [7, 11) is 5.57. The van der Waals surface area contributed by atoms with Gasteiger partial charge in [0, 0.05) is 18.2 Å². The molecule has 1 N–H and O–H groups in total. The molecule has 0 radical (unpaired) electrons. The Balaban J connectivity index is 2.99. The van der Waals surface area contributed by atoms with Crippen LogP contribution in [0.15, 0.2) is 24.3 Å². The van der Waals surface area contributed by atoms with E-state index in [1.54, 1.807) is 13.2 Å². The number of ether oxygens (including phenoxy) is 1. The summed E-state index contributed by atoms with van der Waals surface area (Å²) in [6, 6.07) is 5.61. The molecule has 0 amide bonds. The quantitative estimate of drug-likeness (QED) is 0.791. The molecule has 1 rings (SSSR count). The number of carbonyl (C=O) groups is 1. The number of rotatable bonds is 5. The molecule has 0 atom stereocenters. The molecule has 1 aromatic carbocycles. The lowest BCUT2D eigenvalue weighted by Crippen LogP contribution is -2.11. The number of hydrogen-bond donors (Lipinski definition) is 1. The lowest BCUT2D eigenvalue weighted by Gasteiger charge is -2.14. The highest BCUT2D eigenvalue weighted by molar-refractivity contribution is 5.85. The molecule has 4 nitrogen and oxygen atoms in total. The third kappa shape index (κ3) is 4.28. The van der Waals surface area contributed by atoms with Crippen molar-refractivity contribution in [3.8, 4) is 5.75 Å². The molecule has 92 valence electrons. The summed E-state index contributed by atoms with van der Waals surface area (Å²) in [5, 5.41) is 8.57. The zero-order valence-corrected chi connectivity index (χ0v) is 10.3. The van der Waals surface area contributed by atoms with Crippen molar-refractivity contribution < 1.29 is 14.6 Å². The fourth-order valence-electron chi connectivity index (χ4n) is 1.53. The van der Waals surface area contributed by atoms with Crippen LogP contribution in [0.1, 0.15) is 11.1 Å². The third-order valence-electron chi connectivity index (χ3n) is 2.21. The van der Waals surface area contributed by atoms with Gasteiger partial charge < -0.3 is 14.7 Å². The van der Waals surface area contributed by atoms with Crippen molar-refractivity contribution in [1.29, 1.82) is 0 Å². The molecule has 0 bridgehead atoms. The molecule has 0 heterocycles. The van der Waals surface area contributed by atoms with Crippen LogP contribution in [0.2, 0.25) is 0 Å². The Morgan fingerprint density at radius 1 is 1.47 bits per heavy atom. The maximum atomic E-state index is 10.4. The molecule has 0 fully saturated rings. The number of hydrogen-bond acceptors (Lipinski definition) is 3.